The standard InChI is InChI=1S/C11H14N4O3/c16-10(13-9-2-1-3-12-8-9)14-4-6-15(7-5-14)11(17)18/h1-3,8H,4-7H2,(H,13,16)(H,17,18). The van der Waals surface area contributed by atoms with Gasteiger partial charge in [-0.05, 0) is 12.1 Å². The van der Waals surface area contributed by atoms with Gasteiger partial charge in [-0.3, -0.25) is 4.98 Å². The largest absolute Gasteiger partial charge is 0.465 e. The van der Waals surface area contributed by atoms with Crippen LogP contribution in [0.2, 0.25) is 0 Å². The van der Waals surface area contributed by atoms with E-state index in [0.29, 0.717) is 31.9 Å². The van der Waals surface area contributed by atoms with Crippen molar-refractivity contribution < 1.29 is 14.7 Å². The number of carboxylic acid groups (broad SMARTS) is 1. The Kier molecular flexibility index (Phi) is 3.61. The van der Waals surface area contributed by atoms with Crippen molar-refractivity contribution in [1.82, 2.24) is 14.8 Å². The molecule has 0 unspecified atom stereocenters. The van der Waals surface area contributed by atoms with Crippen molar-refractivity contribution >= 4 is 17.8 Å². The van der Waals surface area contributed by atoms with E-state index in [1.807, 2.05) is 0 Å². The number of rotatable bonds is 1. The SMILES string of the molecule is O=C(O)N1CCN(C(=O)Nc2cccnc2)CC1. The Balaban J connectivity index is 1.86. The van der Waals surface area contributed by atoms with E-state index in [1.165, 1.54) is 4.90 Å². The number of anilines is 1. The lowest BCUT2D eigenvalue weighted by Crippen LogP contribution is -2.51. The van der Waals surface area contributed by atoms with E-state index in [0.717, 1.165) is 0 Å². The second-order valence-electron chi connectivity index (χ2n) is 3.93. The smallest absolute Gasteiger partial charge is 0.407 e. The van der Waals surface area contributed by atoms with Gasteiger partial charge in [-0.1, -0.05) is 0 Å². The molecule has 0 bridgehead atoms. The normalized spacial score (nSPS) is 15.3. The Morgan fingerprint density at radius 2 is 1.89 bits per heavy atom. The van der Waals surface area contributed by atoms with Gasteiger partial charge >= 0.3 is 12.1 Å². The predicted octanol–water partition coefficient (Wildman–Crippen LogP) is 0.909. The number of hydrogen-bond donors (Lipinski definition) is 2. The number of hydrogen-bond acceptors (Lipinski definition) is 3. The Bertz CT molecular complexity index is 429. The lowest BCUT2D eigenvalue weighted by Gasteiger charge is -2.33. The van der Waals surface area contributed by atoms with Gasteiger partial charge in [-0.2, -0.15) is 0 Å². The fraction of sp³-hybridized carbons (Fsp3) is 0.364. The van der Waals surface area contributed by atoms with Crippen molar-refractivity contribution in [1.29, 1.82) is 0 Å². The fourth-order valence-corrected chi connectivity index (χ4v) is 1.74. The number of nitrogens with one attached hydrogen (secondary N) is 1. The van der Waals surface area contributed by atoms with Gasteiger partial charge in [0.05, 0.1) is 11.9 Å². The van der Waals surface area contributed by atoms with Crippen molar-refractivity contribution in [2.45, 2.75) is 0 Å². The van der Waals surface area contributed by atoms with Crippen LogP contribution in [0.4, 0.5) is 15.3 Å². The van der Waals surface area contributed by atoms with Crippen LogP contribution in [-0.2, 0) is 0 Å². The number of aromatic nitrogens is 1. The molecule has 0 radical (unpaired) electrons. The monoisotopic (exact) mass is 250 g/mol. The molecule has 1 aromatic heterocycles. The summed E-state index contributed by atoms with van der Waals surface area (Å²) in [6.45, 7) is 1.49. The Morgan fingerprint density at radius 3 is 2.44 bits per heavy atom. The molecule has 3 amide bonds. The number of urea groups is 1. The van der Waals surface area contributed by atoms with Gasteiger partial charge in [0.25, 0.3) is 0 Å². The van der Waals surface area contributed by atoms with E-state index in [2.05, 4.69) is 10.3 Å². The summed E-state index contributed by atoms with van der Waals surface area (Å²) in [4.78, 5) is 29.4. The molecule has 1 aliphatic rings. The first-order chi connectivity index (χ1) is 8.66. The van der Waals surface area contributed by atoms with Crippen molar-refractivity contribution in [2.75, 3.05) is 31.5 Å². The highest BCUT2D eigenvalue weighted by Gasteiger charge is 2.23. The first kappa shape index (κ1) is 12.2. The molecular weight excluding hydrogens is 236 g/mol. The van der Waals surface area contributed by atoms with Crippen LogP contribution in [0.1, 0.15) is 0 Å². The lowest BCUT2D eigenvalue weighted by molar-refractivity contribution is 0.115. The average Bonchev–Trinajstić information content (AvgIpc) is 2.40. The van der Waals surface area contributed by atoms with Gasteiger partial charge in [0, 0.05) is 32.4 Å². The highest BCUT2D eigenvalue weighted by molar-refractivity contribution is 5.89. The molecule has 1 aliphatic heterocycles. The van der Waals surface area contributed by atoms with E-state index in [4.69, 9.17) is 5.11 Å². The summed E-state index contributed by atoms with van der Waals surface area (Å²) in [7, 11) is 0. The van der Waals surface area contributed by atoms with Crippen LogP contribution in [0.5, 0.6) is 0 Å². The maximum atomic E-state index is 11.9. The number of pyridine rings is 1. The summed E-state index contributed by atoms with van der Waals surface area (Å²) >= 11 is 0. The van der Waals surface area contributed by atoms with E-state index in [9.17, 15) is 9.59 Å². The minimum absolute atomic E-state index is 0.229. The molecule has 0 aromatic carbocycles. The number of amides is 3. The first-order valence-corrected chi connectivity index (χ1v) is 5.60. The number of piperazine rings is 1. The van der Waals surface area contributed by atoms with E-state index < -0.39 is 6.09 Å². The van der Waals surface area contributed by atoms with Crippen molar-refractivity contribution in [2.24, 2.45) is 0 Å². The highest BCUT2D eigenvalue weighted by Crippen LogP contribution is 2.07. The predicted molar refractivity (Wildman–Crippen MR) is 64.4 cm³/mol. The molecule has 1 saturated heterocycles. The average molecular weight is 250 g/mol. The summed E-state index contributed by atoms with van der Waals surface area (Å²) in [6, 6.07) is 3.25. The molecule has 7 nitrogen and oxygen atoms in total. The highest BCUT2D eigenvalue weighted by atomic mass is 16.4. The molecule has 2 N–H and O–H groups in total. The van der Waals surface area contributed by atoms with Crippen LogP contribution in [0.3, 0.4) is 0 Å². The van der Waals surface area contributed by atoms with Crippen LogP contribution in [-0.4, -0.2) is 58.2 Å². The number of carbonyl (C=O) groups excluding carboxylic acids is 1. The minimum atomic E-state index is -0.942. The first-order valence-electron chi connectivity index (χ1n) is 5.60. The summed E-state index contributed by atoms with van der Waals surface area (Å²) in [5, 5.41) is 11.5. The second kappa shape index (κ2) is 5.35. The number of carbonyl (C=O) groups is 2. The van der Waals surface area contributed by atoms with Crippen molar-refractivity contribution in [3.63, 3.8) is 0 Å². The van der Waals surface area contributed by atoms with Crippen molar-refractivity contribution in [3.05, 3.63) is 24.5 Å². The zero-order valence-electron chi connectivity index (χ0n) is 9.74. The molecule has 0 spiro atoms. The molecule has 0 aliphatic carbocycles. The third-order valence-corrected chi connectivity index (χ3v) is 2.75. The zero-order valence-corrected chi connectivity index (χ0v) is 9.74. The molecule has 2 heterocycles. The number of nitrogens with zero attached hydrogens (tertiary/aromatic N) is 3. The van der Waals surface area contributed by atoms with E-state index >= 15 is 0 Å². The van der Waals surface area contributed by atoms with Crippen LogP contribution in [0.15, 0.2) is 24.5 Å². The molecule has 7 heteroatoms. The zero-order chi connectivity index (χ0) is 13.0. The van der Waals surface area contributed by atoms with E-state index in [1.54, 1.807) is 29.4 Å². The second-order valence-corrected chi connectivity index (χ2v) is 3.93. The van der Waals surface area contributed by atoms with Gasteiger partial charge < -0.3 is 20.2 Å². The maximum Gasteiger partial charge on any atom is 0.407 e. The van der Waals surface area contributed by atoms with Crippen molar-refractivity contribution in [3.8, 4) is 0 Å². The summed E-state index contributed by atoms with van der Waals surface area (Å²) in [5.74, 6) is 0. The van der Waals surface area contributed by atoms with Gasteiger partial charge in [0.2, 0.25) is 0 Å². The van der Waals surface area contributed by atoms with Gasteiger partial charge in [0.1, 0.15) is 0 Å². The Hall–Kier alpha value is -2.31. The third-order valence-electron chi connectivity index (χ3n) is 2.75. The maximum absolute atomic E-state index is 11.9. The van der Waals surface area contributed by atoms with Gasteiger partial charge in [-0.15, -0.1) is 0 Å². The Labute approximate surface area is 104 Å². The quantitative estimate of drug-likeness (QED) is 0.775. The van der Waals surface area contributed by atoms with E-state index in [-0.39, 0.29) is 6.03 Å². The summed E-state index contributed by atoms with van der Waals surface area (Å²) in [5.41, 5.74) is 0.628. The summed E-state index contributed by atoms with van der Waals surface area (Å²) in [6.07, 6.45) is 2.24. The molecule has 0 saturated carbocycles. The van der Waals surface area contributed by atoms with Crippen LogP contribution in [0.25, 0.3) is 0 Å². The third kappa shape index (κ3) is 2.88. The molecule has 2 rings (SSSR count). The van der Waals surface area contributed by atoms with Crippen LogP contribution >= 0.6 is 0 Å². The molecule has 1 aromatic rings. The molecular formula is C11H14N4O3. The molecule has 96 valence electrons. The molecule has 1 fully saturated rings. The van der Waals surface area contributed by atoms with Gasteiger partial charge in [0.15, 0.2) is 0 Å². The van der Waals surface area contributed by atoms with Crippen LogP contribution < -0.4 is 5.32 Å². The topological polar surface area (TPSA) is 85.8 Å². The Morgan fingerprint density at radius 1 is 1.22 bits per heavy atom. The lowest BCUT2D eigenvalue weighted by atomic mass is 10.3. The van der Waals surface area contributed by atoms with Gasteiger partial charge in [-0.25, -0.2) is 9.59 Å². The summed E-state index contributed by atoms with van der Waals surface area (Å²) < 4.78 is 0. The minimum Gasteiger partial charge on any atom is -0.465 e. The van der Waals surface area contributed by atoms with Crippen LogP contribution in [0, 0.1) is 0 Å². The molecule has 18 heavy (non-hydrogen) atoms. The molecule has 0 atom stereocenters. The fourth-order valence-electron chi connectivity index (χ4n) is 1.74.